The predicted molar refractivity (Wildman–Crippen MR) is 103 cm³/mol. The molecule has 0 spiro atoms. The third-order valence-electron chi connectivity index (χ3n) is 3.57. The zero-order chi connectivity index (χ0) is 18.1. The van der Waals surface area contributed by atoms with Gasteiger partial charge < -0.3 is 10.4 Å². The highest BCUT2D eigenvalue weighted by atomic mass is 32.2. The first-order valence-electron chi connectivity index (χ1n) is 7.42. The minimum Gasteiger partial charge on any atom is -0.492 e. The van der Waals surface area contributed by atoms with Crippen molar-refractivity contribution in [3.8, 4) is 5.88 Å². The van der Waals surface area contributed by atoms with Crippen molar-refractivity contribution >= 4 is 52.3 Å². The summed E-state index contributed by atoms with van der Waals surface area (Å²) >= 11 is 2.55. The molecule has 0 amide bonds. The van der Waals surface area contributed by atoms with E-state index < -0.39 is 4.92 Å². The van der Waals surface area contributed by atoms with Gasteiger partial charge in [-0.05, 0) is 29.9 Å². The lowest BCUT2D eigenvalue weighted by Crippen LogP contribution is -2.06. The Hall–Kier alpha value is -3.11. The van der Waals surface area contributed by atoms with Crippen LogP contribution in [0.25, 0.3) is 6.08 Å². The summed E-state index contributed by atoms with van der Waals surface area (Å²) in [5, 5.41) is 24.5. The van der Waals surface area contributed by atoms with Crippen LogP contribution in [0.5, 0.6) is 5.88 Å². The van der Waals surface area contributed by atoms with Gasteiger partial charge in [0.05, 0.1) is 33.8 Å². The minimum absolute atomic E-state index is 0.0554. The van der Waals surface area contributed by atoms with Crippen LogP contribution >= 0.6 is 23.5 Å². The molecule has 2 aliphatic rings. The molecule has 8 nitrogen and oxygen atoms in total. The van der Waals surface area contributed by atoms with Crippen LogP contribution in [0.1, 0.15) is 4.88 Å². The van der Waals surface area contributed by atoms with Gasteiger partial charge in [0, 0.05) is 12.3 Å². The average Bonchev–Trinajstić information content (AvgIpc) is 3.21. The Labute approximate surface area is 156 Å². The molecule has 0 radical (unpaired) electrons. The number of rotatable bonds is 4. The van der Waals surface area contributed by atoms with E-state index in [9.17, 15) is 15.2 Å². The Bertz CT molecular complexity index is 1010. The van der Waals surface area contributed by atoms with Gasteiger partial charge in [-0.3, -0.25) is 14.4 Å². The van der Waals surface area contributed by atoms with Crippen molar-refractivity contribution in [2.24, 2.45) is 4.40 Å². The molecule has 3 heterocycles. The summed E-state index contributed by atoms with van der Waals surface area (Å²) < 4.78 is 6.03. The molecule has 0 aliphatic carbocycles. The van der Waals surface area contributed by atoms with Gasteiger partial charge in [0.2, 0.25) is 5.88 Å². The van der Waals surface area contributed by atoms with Crippen LogP contribution in [0.2, 0.25) is 0 Å². The maximum Gasteiger partial charge on any atom is 0.292 e. The highest BCUT2D eigenvalue weighted by Crippen LogP contribution is 2.36. The Kier molecular flexibility index (Phi) is 4.19. The summed E-state index contributed by atoms with van der Waals surface area (Å²) in [6.07, 6.45) is 9.30. The number of nitro groups is 1. The molecule has 0 fully saturated rings. The monoisotopic (exact) mass is 385 g/mol. The van der Waals surface area contributed by atoms with Crippen LogP contribution in [0.4, 0.5) is 16.5 Å². The highest BCUT2D eigenvalue weighted by molar-refractivity contribution is 7.96. The predicted octanol–water partition coefficient (Wildman–Crippen LogP) is 4.24. The molecule has 0 atom stereocenters. The summed E-state index contributed by atoms with van der Waals surface area (Å²) in [6.45, 7) is 0. The topological polar surface area (TPSA) is 104 Å². The molecule has 2 aromatic rings. The Balaban J connectivity index is 1.60. The maximum atomic E-state index is 11.1. The second-order valence-electron chi connectivity index (χ2n) is 5.28. The molecule has 0 unspecified atom stereocenters. The number of nitro benzene ring substituents is 1. The van der Waals surface area contributed by atoms with E-state index in [-0.39, 0.29) is 11.6 Å². The third kappa shape index (κ3) is 3.19. The van der Waals surface area contributed by atoms with Crippen LogP contribution in [-0.2, 0) is 0 Å². The zero-order valence-electron chi connectivity index (χ0n) is 13.1. The number of anilines is 2. The second kappa shape index (κ2) is 6.65. The average molecular weight is 385 g/mol. The lowest BCUT2D eigenvalue weighted by Gasteiger charge is -2.14. The van der Waals surface area contributed by atoms with Gasteiger partial charge in [-0.25, -0.2) is 4.40 Å². The Morgan fingerprint density at radius 3 is 3.04 bits per heavy atom. The standard InChI is InChI=1S/C16H11N5O3S2/c22-15-14(8-10-5-6-20-11(7-10)9-17-26-20)25-16(19-15)18-12-3-1-2-4-13(12)21(23)24/h1-9,22H,(H,18,19). The van der Waals surface area contributed by atoms with E-state index in [1.165, 1.54) is 29.5 Å². The number of aromatic nitrogens is 1. The van der Waals surface area contributed by atoms with E-state index in [1.807, 2.05) is 22.7 Å². The van der Waals surface area contributed by atoms with Crippen molar-refractivity contribution in [3.63, 3.8) is 0 Å². The van der Waals surface area contributed by atoms with Gasteiger partial charge in [-0.1, -0.05) is 23.5 Å². The smallest absolute Gasteiger partial charge is 0.292 e. The van der Waals surface area contributed by atoms with Crippen molar-refractivity contribution in [2.45, 2.75) is 0 Å². The number of benzene rings is 1. The van der Waals surface area contributed by atoms with Gasteiger partial charge in [-0.2, -0.15) is 4.98 Å². The molecule has 4 rings (SSSR count). The quantitative estimate of drug-likeness (QED) is 0.461. The molecule has 26 heavy (non-hydrogen) atoms. The van der Waals surface area contributed by atoms with Crippen LogP contribution in [0.15, 0.2) is 58.3 Å². The molecule has 0 saturated carbocycles. The summed E-state index contributed by atoms with van der Waals surface area (Å²) in [5.41, 5.74) is 2.10. The van der Waals surface area contributed by atoms with Crippen molar-refractivity contribution in [1.29, 1.82) is 0 Å². The fourth-order valence-corrected chi connectivity index (χ4v) is 3.78. The van der Waals surface area contributed by atoms with Gasteiger partial charge in [0.15, 0.2) is 5.13 Å². The van der Waals surface area contributed by atoms with E-state index >= 15 is 0 Å². The van der Waals surface area contributed by atoms with Crippen molar-refractivity contribution in [2.75, 3.05) is 5.32 Å². The number of nitrogens with one attached hydrogen (secondary N) is 1. The van der Waals surface area contributed by atoms with Crippen molar-refractivity contribution < 1.29 is 10.0 Å². The Morgan fingerprint density at radius 1 is 1.35 bits per heavy atom. The van der Waals surface area contributed by atoms with E-state index in [4.69, 9.17) is 0 Å². The molecule has 2 aliphatic heterocycles. The maximum absolute atomic E-state index is 11.1. The molecule has 1 aromatic heterocycles. The minimum atomic E-state index is -0.468. The number of thiazole rings is 1. The van der Waals surface area contributed by atoms with E-state index in [1.54, 1.807) is 30.5 Å². The third-order valence-corrected chi connectivity index (χ3v) is 5.18. The number of nitrogens with zero attached hydrogens (tertiary/aromatic N) is 4. The Morgan fingerprint density at radius 2 is 2.19 bits per heavy atom. The molecule has 0 bridgehead atoms. The normalized spacial score (nSPS) is 16.7. The fraction of sp³-hybridized carbons (Fsp3) is 0. The first-order valence-corrected chi connectivity index (χ1v) is 8.96. The fourth-order valence-electron chi connectivity index (χ4n) is 2.39. The molecule has 1 aromatic carbocycles. The first kappa shape index (κ1) is 16.4. The molecule has 2 N–H and O–H groups in total. The van der Waals surface area contributed by atoms with E-state index in [0.29, 0.717) is 15.7 Å². The molecule has 0 saturated heterocycles. The highest BCUT2D eigenvalue weighted by Gasteiger charge is 2.17. The van der Waals surface area contributed by atoms with Crippen LogP contribution < -0.4 is 5.32 Å². The van der Waals surface area contributed by atoms with E-state index in [2.05, 4.69) is 14.7 Å². The lowest BCUT2D eigenvalue weighted by atomic mass is 10.1. The zero-order valence-corrected chi connectivity index (χ0v) is 14.7. The summed E-state index contributed by atoms with van der Waals surface area (Å²) in [4.78, 5) is 15.2. The van der Waals surface area contributed by atoms with Gasteiger partial charge in [0.25, 0.3) is 5.69 Å². The summed E-state index contributed by atoms with van der Waals surface area (Å²) in [7, 11) is 0. The second-order valence-corrected chi connectivity index (χ2v) is 7.08. The number of allylic oxidation sites excluding steroid dienone is 4. The first-order chi connectivity index (χ1) is 12.6. The SMILES string of the molecule is O=[N+]([O-])c1ccccc1Nc1nc(O)c(C=C2C=CN3SN=CC3=C2)s1. The van der Waals surface area contributed by atoms with Gasteiger partial charge >= 0.3 is 0 Å². The number of aromatic hydroxyl groups is 1. The number of hydrogen-bond donors (Lipinski definition) is 2. The van der Waals surface area contributed by atoms with Gasteiger partial charge in [0.1, 0.15) is 5.69 Å². The van der Waals surface area contributed by atoms with Crippen LogP contribution in [0.3, 0.4) is 0 Å². The number of hydrogen-bond acceptors (Lipinski definition) is 9. The largest absolute Gasteiger partial charge is 0.492 e. The summed E-state index contributed by atoms with van der Waals surface area (Å²) in [6, 6.07) is 6.28. The van der Waals surface area contributed by atoms with Crippen molar-refractivity contribution in [3.05, 3.63) is 68.9 Å². The lowest BCUT2D eigenvalue weighted by molar-refractivity contribution is -0.383. The van der Waals surface area contributed by atoms with E-state index in [0.717, 1.165) is 11.3 Å². The van der Waals surface area contributed by atoms with Crippen molar-refractivity contribution in [1.82, 2.24) is 9.29 Å². The van der Waals surface area contributed by atoms with Crippen LogP contribution in [0, 0.1) is 10.1 Å². The van der Waals surface area contributed by atoms with Gasteiger partial charge in [-0.15, -0.1) is 0 Å². The van der Waals surface area contributed by atoms with Crippen LogP contribution in [-0.4, -0.2) is 25.5 Å². The molecular formula is C16H11N5O3S2. The number of fused-ring (bicyclic) bond motifs is 1. The molecule has 10 heteroatoms. The molecular weight excluding hydrogens is 374 g/mol. The number of para-hydroxylation sites is 2. The summed E-state index contributed by atoms with van der Waals surface area (Å²) in [5.74, 6) is -0.132. The molecule has 130 valence electrons.